The van der Waals surface area contributed by atoms with E-state index < -0.39 is 38.1 Å². The molecule has 9 nitrogen and oxygen atoms in total. The monoisotopic (exact) mass is 632 g/mol. The van der Waals surface area contributed by atoms with Gasteiger partial charge in [-0.1, -0.05) is 36.9 Å². The number of nitrogens with zero attached hydrogens (tertiary/aromatic N) is 2. The molecule has 0 bridgehead atoms. The number of aromatic nitrogens is 2. The normalized spacial score (nSPS) is 20.2. The Bertz CT molecular complexity index is 1440. The van der Waals surface area contributed by atoms with E-state index in [1.165, 1.54) is 38.6 Å². The summed E-state index contributed by atoms with van der Waals surface area (Å²) in [4.78, 5) is 24.0. The summed E-state index contributed by atoms with van der Waals surface area (Å²) in [5.41, 5.74) is -2.43. The molecule has 14 heteroatoms. The number of rotatable bonds is 8. The quantitative estimate of drug-likeness (QED) is 0.368. The Morgan fingerprint density at radius 2 is 1.76 bits per heavy atom. The highest BCUT2D eigenvalue weighted by molar-refractivity contribution is 7.89. The van der Waals surface area contributed by atoms with Crippen LogP contribution in [0.15, 0.2) is 23.1 Å². The number of ether oxygens (including phenoxy) is 1. The Morgan fingerprint density at radius 3 is 2.33 bits per heavy atom. The van der Waals surface area contributed by atoms with Gasteiger partial charge in [0.25, 0.3) is 5.91 Å². The molecule has 2 aromatic rings. The van der Waals surface area contributed by atoms with Gasteiger partial charge in [-0.05, 0) is 64.5 Å². The lowest BCUT2D eigenvalue weighted by molar-refractivity contribution is -0.149. The minimum atomic E-state index is -5.00. The van der Waals surface area contributed by atoms with Crippen molar-refractivity contribution in [2.45, 2.75) is 94.9 Å². The smallest absolute Gasteiger partial charge is 0.417 e. The molecule has 2 saturated carbocycles. The number of benzene rings is 1. The van der Waals surface area contributed by atoms with Crippen LogP contribution in [0.4, 0.5) is 13.2 Å². The summed E-state index contributed by atoms with van der Waals surface area (Å²) < 4.78 is 77.2. The zero-order valence-corrected chi connectivity index (χ0v) is 25.5. The van der Waals surface area contributed by atoms with E-state index in [2.05, 4.69) is 15.1 Å². The van der Waals surface area contributed by atoms with E-state index in [4.69, 9.17) is 16.3 Å². The third kappa shape index (κ3) is 7.28. The van der Waals surface area contributed by atoms with Crippen LogP contribution in [0.3, 0.4) is 0 Å². The van der Waals surface area contributed by atoms with Crippen LogP contribution in [0, 0.1) is 11.8 Å². The molecular weight excluding hydrogens is 597 g/mol. The number of carbonyl (C=O) groups is 2. The summed E-state index contributed by atoms with van der Waals surface area (Å²) >= 11 is 6.68. The molecule has 1 heterocycles. The zero-order valence-electron chi connectivity index (χ0n) is 24.0. The molecule has 0 atom stereocenters. The molecule has 1 amide bonds. The topological polar surface area (TPSA) is 119 Å². The van der Waals surface area contributed by atoms with E-state index in [0.29, 0.717) is 19.4 Å². The van der Waals surface area contributed by atoms with Crippen molar-refractivity contribution in [2.75, 3.05) is 7.11 Å². The SMILES string of the molecule is COC(=O)[C@H]1C[C@H](NC(=O)c2nn(CC3CCCCC3)c(-c3ccc(S(=O)(=O)NC(C)(C)C)c(C(F)(F)F)c3)c2Cl)C1. The lowest BCUT2D eigenvalue weighted by atomic mass is 9.80. The average Bonchev–Trinajstić information content (AvgIpc) is 3.19. The van der Waals surface area contributed by atoms with E-state index >= 15 is 0 Å². The van der Waals surface area contributed by atoms with Gasteiger partial charge >= 0.3 is 12.1 Å². The Kier molecular flexibility index (Phi) is 9.34. The van der Waals surface area contributed by atoms with E-state index in [9.17, 15) is 31.2 Å². The van der Waals surface area contributed by atoms with Gasteiger partial charge in [0.15, 0.2) is 5.69 Å². The summed E-state index contributed by atoms with van der Waals surface area (Å²) in [6, 6.07) is 2.59. The number of amides is 1. The first-order valence-corrected chi connectivity index (χ1v) is 15.8. The van der Waals surface area contributed by atoms with Crippen molar-refractivity contribution in [3.05, 3.63) is 34.5 Å². The molecule has 2 aliphatic carbocycles. The van der Waals surface area contributed by atoms with Crippen LogP contribution in [-0.4, -0.2) is 48.8 Å². The second kappa shape index (κ2) is 12.2. The molecule has 1 aromatic carbocycles. The van der Waals surface area contributed by atoms with E-state index in [-0.39, 0.29) is 45.8 Å². The van der Waals surface area contributed by atoms with Crippen molar-refractivity contribution >= 4 is 33.5 Å². The second-order valence-corrected chi connectivity index (χ2v) is 14.2. The number of nitrogens with one attached hydrogen (secondary N) is 2. The highest BCUT2D eigenvalue weighted by atomic mass is 35.5. The molecule has 0 spiro atoms. The molecule has 0 radical (unpaired) electrons. The van der Waals surface area contributed by atoms with Crippen molar-refractivity contribution in [2.24, 2.45) is 11.8 Å². The first kappa shape index (κ1) is 32.3. The van der Waals surface area contributed by atoms with Crippen LogP contribution in [0.2, 0.25) is 5.02 Å². The standard InChI is InChI=1S/C28H36ClF3N4O5S/c1-27(2,3)35-42(39,40)21-11-10-17(14-20(21)28(30,31)32)24-22(29)23(34-36(24)15-16-8-6-5-7-9-16)25(37)33-19-12-18(13-19)26(38)41-4/h10-11,14,16,18-19,35H,5-9,12-13,15H2,1-4H3,(H,33,37)/t18-,19-. The predicted molar refractivity (Wildman–Crippen MR) is 150 cm³/mol. The summed E-state index contributed by atoms with van der Waals surface area (Å²) in [5.74, 6) is -1.10. The minimum absolute atomic E-state index is 0.0150. The van der Waals surface area contributed by atoms with Gasteiger partial charge in [0, 0.05) is 23.7 Å². The largest absolute Gasteiger partial charge is 0.469 e. The maximum Gasteiger partial charge on any atom is 0.417 e. The van der Waals surface area contributed by atoms with Crippen molar-refractivity contribution in [1.29, 1.82) is 0 Å². The first-order valence-electron chi connectivity index (χ1n) is 13.9. The van der Waals surface area contributed by atoms with Crippen LogP contribution < -0.4 is 10.0 Å². The van der Waals surface area contributed by atoms with Crippen LogP contribution in [-0.2, 0) is 32.3 Å². The van der Waals surface area contributed by atoms with E-state index in [1.54, 1.807) is 0 Å². The van der Waals surface area contributed by atoms with Crippen LogP contribution in [0.25, 0.3) is 11.3 Å². The number of methoxy groups -OCH3 is 1. The number of sulfonamides is 1. The molecule has 1 aromatic heterocycles. The van der Waals surface area contributed by atoms with Crippen LogP contribution in [0.5, 0.6) is 0 Å². The molecule has 4 rings (SSSR count). The Balaban J connectivity index is 1.74. The molecule has 2 aliphatic rings. The highest BCUT2D eigenvalue weighted by Crippen LogP contribution is 2.40. The number of esters is 1. The van der Waals surface area contributed by atoms with Crippen molar-refractivity contribution in [3.63, 3.8) is 0 Å². The number of hydrogen-bond acceptors (Lipinski definition) is 6. The number of halogens is 4. The van der Waals surface area contributed by atoms with E-state index in [0.717, 1.165) is 44.2 Å². The van der Waals surface area contributed by atoms with Crippen LogP contribution in [0.1, 0.15) is 81.8 Å². The molecule has 2 N–H and O–H groups in total. The molecular formula is C28H36ClF3N4O5S. The summed E-state index contributed by atoms with van der Waals surface area (Å²) in [7, 11) is -3.23. The second-order valence-electron chi connectivity index (χ2n) is 12.1. The lowest BCUT2D eigenvalue weighted by Gasteiger charge is -2.33. The molecule has 42 heavy (non-hydrogen) atoms. The van der Waals surface area contributed by atoms with Gasteiger partial charge < -0.3 is 10.1 Å². The van der Waals surface area contributed by atoms with Gasteiger partial charge in [-0.25, -0.2) is 13.1 Å². The minimum Gasteiger partial charge on any atom is -0.469 e. The Labute approximate surface area is 248 Å². The van der Waals surface area contributed by atoms with Gasteiger partial charge in [-0.2, -0.15) is 18.3 Å². The van der Waals surface area contributed by atoms with Crippen LogP contribution >= 0.6 is 11.6 Å². The van der Waals surface area contributed by atoms with Crippen molar-refractivity contribution < 1.29 is 35.9 Å². The fourth-order valence-corrected chi connectivity index (χ4v) is 7.50. The fraction of sp³-hybridized carbons (Fsp3) is 0.607. The molecule has 2 fully saturated rings. The van der Waals surface area contributed by atoms with Gasteiger partial charge in [0.1, 0.15) is 0 Å². The van der Waals surface area contributed by atoms with E-state index in [1.807, 2.05) is 0 Å². The van der Waals surface area contributed by atoms with Crippen molar-refractivity contribution in [1.82, 2.24) is 19.8 Å². The maximum absolute atomic E-state index is 14.3. The number of hydrogen-bond donors (Lipinski definition) is 2. The molecule has 0 aliphatic heterocycles. The van der Waals surface area contributed by atoms with Crippen molar-refractivity contribution in [3.8, 4) is 11.3 Å². The molecule has 0 unspecified atom stereocenters. The Hall–Kier alpha value is -2.64. The summed E-state index contributed by atoms with van der Waals surface area (Å²) in [6.07, 6.45) is 0.696. The zero-order chi connectivity index (χ0) is 31.0. The fourth-order valence-electron chi connectivity index (χ4n) is 5.55. The van der Waals surface area contributed by atoms with Gasteiger partial charge in [0.05, 0.1) is 34.2 Å². The third-order valence-electron chi connectivity index (χ3n) is 7.56. The summed E-state index contributed by atoms with van der Waals surface area (Å²) in [5, 5.41) is 7.10. The lowest BCUT2D eigenvalue weighted by Crippen LogP contribution is -2.47. The third-order valence-corrected chi connectivity index (χ3v) is 9.74. The van der Waals surface area contributed by atoms with Gasteiger partial charge in [-0.3, -0.25) is 14.3 Å². The number of carbonyl (C=O) groups excluding carboxylic acids is 2. The van der Waals surface area contributed by atoms with Gasteiger partial charge in [0.2, 0.25) is 10.0 Å². The summed E-state index contributed by atoms with van der Waals surface area (Å²) in [6.45, 7) is 4.92. The maximum atomic E-state index is 14.3. The first-order chi connectivity index (χ1) is 19.5. The Morgan fingerprint density at radius 1 is 1.12 bits per heavy atom. The molecule has 0 saturated heterocycles. The van der Waals surface area contributed by atoms with Gasteiger partial charge in [-0.15, -0.1) is 0 Å². The number of alkyl halides is 3. The predicted octanol–water partition coefficient (Wildman–Crippen LogP) is 5.56. The average molecular weight is 633 g/mol. The highest BCUT2D eigenvalue weighted by Gasteiger charge is 2.40. The molecule has 232 valence electrons.